The molecule has 2 N–H and O–H groups in total. The molecule has 0 aromatic carbocycles. The molecular weight excluding hydrogens is 172 g/mol. The van der Waals surface area contributed by atoms with Crippen molar-refractivity contribution in [2.75, 3.05) is 20.1 Å². The first-order valence-corrected chi connectivity index (χ1v) is 5.91. The van der Waals surface area contributed by atoms with E-state index in [9.17, 15) is 0 Å². The first-order chi connectivity index (χ1) is 6.52. The van der Waals surface area contributed by atoms with Gasteiger partial charge in [-0.25, -0.2) is 0 Å². The van der Waals surface area contributed by atoms with Crippen LogP contribution < -0.4 is 10.6 Å². The second kappa shape index (κ2) is 7.24. The average molecular weight is 200 g/mol. The van der Waals surface area contributed by atoms with Crippen LogP contribution in [0.15, 0.2) is 0 Å². The highest BCUT2D eigenvalue weighted by molar-refractivity contribution is 4.77. The molecule has 0 saturated heterocycles. The summed E-state index contributed by atoms with van der Waals surface area (Å²) in [5.41, 5.74) is 0.240. The lowest BCUT2D eigenvalue weighted by atomic mass is 9.88. The largest absolute Gasteiger partial charge is 0.318 e. The Labute approximate surface area is 89.9 Å². The Hall–Kier alpha value is -0.0800. The Bertz CT molecular complexity index is 120. The molecule has 0 spiro atoms. The van der Waals surface area contributed by atoms with E-state index >= 15 is 0 Å². The summed E-state index contributed by atoms with van der Waals surface area (Å²) in [7, 11) is 1.97. The van der Waals surface area contributed by atoms with E-state index < -0.39 is 0 Å². The molecule has 1 aliphatic rings. The summed E-state index contributed by atoms with van der Waals surface area (Å²) in [5, 5.41) is 6.49. The van der Waals surface area contributed by atoms with E-state index in [1.165, 1.54) is 19.3 Å². The maximum Gasteiger partial charge on any atom is 0.0249 e. The lowest BCUT2D eigenvalue weighted by molar-refractivity contribution is 0.346. The minimum Gasteiger partial charge on any atom is -0.318 e. The molecule has 0 bridgehead atoms. The average Bonchev–Trinajstić information content (AvgIpc) is 2.01. The zero-order valence-corrected chi connectivity index (χ0v) is 10.6. The van der Waals surface area contributed by atoms with Gasteiger partial charge in [0.05, 0.1) is 0 Å². The first-order valence-electron chi connectivity index (χ1n) is 5.91. The molecule has 86 valence electrons. The van der Waals surface area contributed by atoms with Crippen molar-refractivity contribution < 1.29 is 0 Å². The number of nitrogens with one attached hydrogen (secondary N) is 2. The van der Waals surface area contributed by atoms with Gasteiger partial charge in [0.25, 0.3) is 0 Å². The molecule has 1 fully saturated rings. The van der Waals surface area contributed by atoms with E-state index in [2.05, 4.69) is 38.3 Å². The third-order valence-corrected chi connectivity index (χ3v) is 2.67. The van der Waals surface area contributed by atoms with E-state index in [0.717, 1.165) is 19.0 Å². The SMILES string of the molecule is CC1CCC1.CCNC(C)(C)CNC. The summed E-state index contributed by atoms with van der Waals surface area (Å²) >= 11 is 0. The normalized spacial score (nSPS) is 16.9. The molecule has 0 atom stereocenters. The van der Waals surface area contributed by atoms with Crippen molar-refractivity contribution >= 4 is 0 Å². The Morgan fingerprint density at radius 3 is 2.00 bits per heavy atom. The second-order valence-corrected chi connectivity index (χ2v) is 4.98. The highest BCUT2D eigenvalue weighted by Crippen LogP contribution is 2.24. The molecule has 14 heavy (non-hydrogen) atoms. The van der Waals surface area contributed by atoms with Gasteiger partial charge in [-0.2, -0.15) is 0 Å². The van der Waals surface area contributed by atoms with Crippen molar-refractivity contribution in [1.82, 2.24) is 10.6 Å². The summed E-state index contributed by atoms with van der Waals surface area (Å²) in [6.45, 7) is 10.9. The smallest absolute Gasteiger partial charge is 0.0249 e. The number of rotatable bonds is 4. The van der Waals surface area contributed by atoms with E-state index in [4.69, 9.17) is 0 Å². The van der Waals surface area contributed by atoms with Gasteiger partial charge in [0.2, 0.25) is 0 Å². The molecule has 0 aromatic heterocycles. The monoisotopic (exact) mass is 200 g/mol. The van der Waals surface area contributed by atoms with Gasteiger partial charge in [-0.05, 0) is 33.4 Å². The maximum absolute atomic E-state index is 3.36. The highest BCUT2D eigenvalue weighted by Gasteiger charge is 2.12. The van der Waals surface area contributed by atoms with Gasteiger partial charge in [0, 0.05) is 12.1 Å². The second-order valence-electron chi connectivity index (χ2n) is 4.98. The van der Waals surface area contributed by atoms with Gasteiger partial charge in [-0.1, -0.05) is 33.1 Å². The lowest BCUT2D eigenvalue weighted by Gasteiger charge is -2.24. The topological polar surface area (TPSA) is 24.1 Å². The quantitative estimate of drug-likeness (QED) is 0.728. The molecule has 0 amide bonds. The van der Waals surface area contributed by atoms with Crippen LogP contribution in [-0.4, -0.2) is 25.7 Å². The van der Waals surface area contributed by atoms with Crippen molar-refractivity contribution in [2.45, 2.75) is 52.5 Å². The van der Waals surface area contributed by atoms with Crippen molar-refractivity contribution in [2.24, 2.45) is 5.92 Å². The van der Waals surface area contributed by atoms with Gasteiger partial charge in [-0.3, -0.25) is 0 Å². The Morgan fingerprint density at radius 1 is 1.29 bits per heavy atom. The van der Waals surface area contributed by atoms with Gasteiger partial charge in [0.15, 0.2) is 0 Å². The Morgan fingerprint density at radius 2 is 1.79 bits per heavy atom. The molecule has 2 heteroatoms. The standard InChI is InChI=1S/C7H18N2.C5H10/c1-5-9-7(2,3)6-8-4;1-5-3-2-4-5/h8-9H,5-6H2,1-4H3;5H,2-4H2,1H3. The zero-order chi connectivity index (χ0) is 11.0. The molecule has 1 rings (SSSR count). The van der Waals surface area contributed by atoms with Crippen molar-refractivity contribution in [1.29, 1.82) is 0 Å². The van der Waals surface area contributed by atoms with Crippen LogP contribution in [0.4, 0.5) is 0 Å². The molecule has 1 aliphatic carbocycles. The predicted octanol–water partition coefficient (Wildman–Crippen LogP) is 2.40. The molecule has 0 radical (unpaired) electrons. The van der Waals surface area contributed by atoms with Crippen LogP contribution in [-0.2, 0) is 0 Å². The summed E-state index contributed by atoms with van der Waals surface area (Å²) in [6.07, 6.45) is 4.46. The molecule has 0 unspecified atom stereocenters. The minimum absolute atomic E-state index is 0.240. The van der Waals surface area contributed by atoms with Gasteiger partial charge < -0.3 is 10.6 Å². The molecular formula is C12H28N2. The van der Waals surface area contributed by atoms with E-state index in [-0.39, 0.29) is 5.54 Å². The van der Waals surface area contributed by atoms with Crippen molar-refractivity contribution in [3.8, 4) is 0 Å². The van der Waals surface area contributed by atoms with Crippen LogP contribution in [0.3, 0.4) is 0 Å². The van der Waals surface area contributed by atoms with E-state index in [1.54, 1.807) is 0 Å². The van der Waals surface area contributed by atoms with Gasteiger partial charge in [0.1, 0.15) is 0 Å². The van der Waals surface area contributed by atoms with Crippen LogP contribution in [0.2, 0.25) is 0 Å². The molecule has 2 nitrogen and oxygen atoms in total. The van der Waals surface area contributed by atoms with Crippen molar-refractivity contribution in [3.63, 3.8) is 0 Å². The number of hydrogen-bond acceptors (Lipinski definition) is 2. The lowest BCUT2D eigenvalue weighted by Crippen LogP contribution is -2.46. The minimum atomic E-state index is 0.240. The predicted molar refractivity (Wildman–Crippen MR) is 64.7 cm³/mol. The first kappa shape index (κ1) is 13.9. The zero-order valence-electron chi connectivity index (χ0n) is 10.6. The number of hydrogen-bond donors (Lipinski definition) is 2. The van der Waals surface area contributed by atoms with Gasteiger partial charge >= 0.3 is 0 Å². The van der Waals surface area contributed by atoms with E-state index in [1.807, 2.05) is 7.05 Å². The third-order valence-electron chi connectivity index (χ3n) is 2.67. The summed E-state index contributed by atoms with van der Waals surface area (Å²) in [5.74, 6) is 1.06. The molecule has 0 aromatic rings. The molecule has 0 heterocycles. The van der Waals surface area contributed by atoms with Crippen LogP contribution >= 0.6 is 0 Å². The highest BCUT2D eigenvalue weighted by atomic mass is 15.0. The fraction of sp³-hybridized carbons (Fsp3) is 1.00. The number of likely N-dealkylation sites (N-methyl/N-ethyl adjacent to an activating group) is 2. The molecule has 0 aliphatic heterocycles. The Balaban J connectivity index is 0.000000280. The van der Waals surface area contributed by atoms with Crippen molar-refractivity contribution in [3.05, 3.63) is 0 Å². The van der Waals surface area contributed by atoms with Crippen LogP contribution in [0.5, 0.6) is 0 Å². The van der Waals surface area contributed by atoms with Crippen LogP contribution in [0.1, 0.15) is 47.0 Å². The summed E-state index contributed by atoms with van der Waals surface area (Å²) < 4.78 is 0. The fourth-order valence-electron chi connectivity index (χ4n) is 1.60. The fourth-order valence-corrected chi connectivity index (χ4v) is 1.60. The van der Waals surface area contributed by atoms with Crippen LogP contribution in [0.25, 0.3) is 0 Å². The third kappa shape index (κ3) is 7.34. The summed E-state index contributed by atoms with van der Waals surface area (Å²) in [4.78, 5) is 0. The van der Waals surface area contributed by atoms with Crippen LogP contribution in [0, 0.1) is 5.92 Å². The molecule has 1 saturated carbocycles. The maximum atomic E-state index is 3.36. The Kier molecular flexibility index (Phi) is 7.20. The van der Waals surface area contributed by atoms with E-state index in [0.29, 0.717) is 0 Å². The summed E-state index contributed by atoms with van der Waals surface area (Å²) in [6, 6.07) is 0. The van der Waals surface area contributed by atoms with Gasteiger partial charge in [-0.15, -0.1) is 0 Å².